The Hall–Kier alpha value is -2.69. The molecular weight excluding hydrogens is 254 g/mol. The molecule has 0 aliphatic heterocycles. The zero-order chi connectivity index (χ0) is 14.1. The highest BCUT2D eigenvalue weighted by molar-refractivity contribution is 5.76. The summed E-state index contributed by atoms with van der Waals surface area (Å²) in [7, 11) is 0. The highest BCUT2D eigenvalue weighted by Gasteiger charge is 2.17. The molecule has 5 heteroatoms. The van der Waals surface area contributed by atoms with Gasteiger partial charge in [0.1, 0.15) is 5.65 Å². The molecule has 0 aliphatic rings. The van der Waals surface area contributed by atoms with E-state index in [9.17, 15) is 4.79 Å². The second-order valence-corrected chi connectivity index (χ2v) is 4.58. The van der Waals surface area contributed by atoms with E-state index in [-0.39, 0.29) is 6.42 Å². The van der Waals surface area contributed by atoms with Crippen LogP contribution in [0.3, 0.4) is 0 Å². The lowest BCUT2D eigenvalue weighted by Gasteiger charge is -2.05. The molecular formula is C15H13N3O2. The Kier molecular flexibility index (Phi) is 2.95. The van der Waals surface area contributed by atoms with E-state index in [1.165, 1.54) is 0 Å². The van der Waals surface area contributed by atoms with Crippen molar-refractivity contribution in [3.05, 3.63) is 54.1 Å². The molecule has 3 heterocycles. The van der Waals surface area contributed by atoms with Crippen molar-refractivity contribution < 1.29 is 9.90 Å². The standard InChI is InChI=1S/C15H13N3O2/c1-10-4-2-6-13-17-15(11-5-3-7-16-9-11)12(18(10)13)8-14(19)20/h2-7,9H,8H2,1H3,(H,19,20). The van der Waals surface area contributed by atoms with Crippen molar-refractivity contribution in [2.24, 2.45) is 0 Å². The van der Waals surface area contributed by atoms with Gasteiger partial charge in [-0.25, -0.2) is 4.98 Å². The molecule has 0 spiro atoms. The van der Waals surface area contributed by atoms with Gasteiger partial charge in [-0.05, 0) is 31.2 Å². The first-order chi connectivity index (χ1) is 9.66. The SMILES string of the molecule is Cc1cccc2nc(-c3cccnc3)c(CC(=O)O)n12. The van der Waals surface area contributed by atoms with E-state index in [1.54, 1.807) is 12.4 Å². The number of hydrogen-bond donors (Lipinski definition) is 1. The molecule has 0 saturated carbocycles. The average molecular weight is 267 g/mol. The molecule has 0 atom stereocenters. The Morgan fingerprint density at radius 2 is 2.15 bits per heavy atom. The lowest BCUT2D eigenvalue weighted by Crippen LogP contribution is -2.06. The number of nitrogens with zero attached hydrogens (tertiary/aromatic N) is 3. The van der Waals surface area contributed by atoms with Crippen LogP contribution >= 0.6 is 0 Å². The van der Waals surface area contributed by atoms with Gasteiger partial charge in [-0.3, -0.25) is 9.78 Å². The molecule has 0 radical (unpaired) electrons. The van der Waals surface area contributed by atoms with Gasteiger partial charge < -0.3 is 9.51 Å². The predicted molar refractivity (Wildman–Crippen MR) is 74.5 cm³/mol. The second kappa shape index (κ2) is 4.77. The summed E-state index contributed by atoms with van der Waals surface area (Å²) >= 11 is 0. The van der Waals surface area contributed by atoms with Crippen molar-refractivity contribution in [3.8, 4) is 11.3 Å². The largest absolute Gasteiger partial charge is 0.481 e. The van der Waals surface area contributed by atoms with Crippen LogP contribution in [0, 0.1) is 6.92 Å². The van der Waals surface area contributed by atoms with Crippen molar-refractivity contribution in [3.63, 3.8) is 0 Å². The topological polar surface area (TPSA) is 67.5 Å². The Labute approximate surface area is 115 Å². The van der Waals surface area contributed by atoms with E-state index in [2.05, 4.69) is 9.97 Å². The second-order valence-electron chi connectivity index (χ2n) is 4.58. The molecule has 5 nitrogen and oxygen atoms in total. The highest BCUT2D eigenvalue weighted by Crippen LogP contribution is 2.25. The summed E-state index contributed by atoms with van der Waals surface area (Å²) in [6.07, 6.45) is 3.31. The number of aryl methyl sites for hydroxylation is 1. The van der Waals surface area contributed by atoms with Crippen LogP contribution in [0.1, 0.15) is 11.4 Å². The summed E-state index contributed by atoms with van der Waals surface area (Å²) in [6.45, 7) is 1.94. The number of imidazole rings is 1. The summed E-state index contributed by atoms with van der Waals surface area (Å²) in [4.78, 5) is 19.8. The number of carboxylic acid groups (broad SMARTS) is 1. The van der Waals surface area contributed by atoms with Crippen LogP contribution in [0.2, 0.25) is 0 Å². The van der Waals surface area contributed by atoms with E-state index < -0.39 is 5.97 Å². The van der Waals surface area contributed by atoms with Crippen LogP contribution in [0.15, 0.2) is 42.7 Å². The van der Waals surface area contributed by atoms with Crippen molar-refractivity contribution >= 4 is 11.6 Å². The van der Waals surface area contributed by atoms with Crippen molar-refractivity contribution in [2.45, 2.75) is 13.3 Å². The first kappa shape index (κ1) is 12.3. The molecule has 100 valence electrons. The molecule has 0 saturated heterocycles. The molecule has 3 rings (SSSR count). The summed E-state index contributed by atoms with van der Waals surface area (Å²) < 4.78 is 1.89. The van der Waals surface area contributed by atoms with Crippen LogP contribution < -0.4 is 0 Å². The number of fused-ring (bicyclic) bond motifs is 1. The van der Waals surface area contributed by atoms with E-state index >= 15 is 0 Å². The number of carboxylic acids is 1. The Bertz CT molecular complexity index is 778. The monoisotopic (exact) mass is 267 g/mol. The lowest BCUT2D eigenvalue weighted by molar-refractivity contribution is -0.136. The first-order valence-corrected chi connectivity index (χ1v) is 6.26. The summed E-state index contributed by atoms with van der Waals surface area (Å²) in [6, 6.07) is 9.42. The van der Waals surface area contributed by atoms with Crippen LogP contribution in [0.4, 0.5) is 0 Å². The maximum Gasteiger partial charge on any atom is 0.309 e. The predicted octanol–water partition coefficient (Wildman–Crippen LogP) is 2.33. The van der Waals surface area contributed by atoms with Crippen LogP contribution in [-0.4, -0.2) is 25.4 Å². The lowest BCUT2D eigenvalue weighted by atomic mass is 10.1. The van der Waals surface area contributed by atoms with Gasteiger partial charge in [-0.2, -0.15) is 0 Å². The molecule has 0 bridgehead atoms. The molecule has 0 amide bonds. The zero-order valence-electron chi connectivity index (χ0n) is 10.9. The molecule has 0 unspecified atom stereocenters. The van der Waals surface area contributed by atoms with Gasteiger partial charge in [-0.15, -0.1) is 0 Å². The maximum absolute atomic E-state index is 11.1. The fraction of sp³-hybridized carbons (Fsp3) is 0.133. The van der Waals surface area contributed by atoms with E-state index in [0.717, 1.165) is 16.9 Å². The number of hydrogen-bond acceptors (Lipinski definition) is 3. The van der Waals surface area contributed by atoms with Gasteiger partial charge in [0.15, 0.2) is 0 Å². The van der Waals surface area contributed by atoms with Crippen molar-refractivity contribution in [2.75, 3.05) is 0 Å². The third-order valence-corrected chi connectivity index (χ3v) is 3.19. The Morgan fingerprint density at radius 3 is 2.85 bits per heavy atom. The summed E-state index contributed by atoms with van der Waals surface area (Å²) in [5.41, 5.74) is 3.89. The van der Waals surface area contributed by atoms with Gasteiger partial charge >= 0.3 is 5.97 Å². The molecule has 0 fully saturated rings. The van der Waals surface area contributed by atoms with Gasteiger partial charge in [0.2, 0.25) is 0 Å². The third-order valence-electron chi connectivity index (χ3n) is 3.19. The molecule has 0 aromatic carbocycles. The van der Waals surface area contributed by atoms with Gasteiger partial charge in [0.25, 0.3) is 0 Å². The summed E-state index contributed by atoms with van der Waals surface area (Å²) in [5, 5.41) is 9.15. The molecule has 0 aliphatic carbocycles. The van der Waals surface area contributed by atoms with E-state index in [0.29, 0.717) is 11.4 Å². The fourth-order valence-electron chi connectivity index (χ4n) is 2.37. The fourth-order valence-corrected chi connectivity index (χ4v) is 2.37. The molecule has 20 heavy (non-hydrogen) atoms. The number of carbonyl (C=O) groups is 1. The van der Waals surface area contributed by atoms with Crippen LogP contribution in [0.5, 0.6) is 0 Å². The van der Waals surface area contributed by atoms with Crippen LogP contribution in [-0.2, 0) is 11.2 Å². The zero-order valence-corrected chi connectivity index (χ0v) is 10.9. The molecule has 3 aromatic heterocycles. The number of rotatable bonds is 3. The minimum Gasteiger partial charge on any atom is -0.481 e. The smallest absolute Gasteiger partial charge is 0.309 e. The molecule has 3 aromatic rings. The highest BCUT2D eigenvalue weighted by atomic mass is 16.4. The summed E-state index contributed by atoms with van der Waals surface area (Å²) in [5.74, 6) is -0.875. The van der Waals surface area contributed by atoms with E-state index in [4.69, 9.17) is 5.11 Å². The number of aliphatic carboxylic acids is 1. The van der Waals surface area contributed by atoms with Gasteiger partial charge in [-0.1, -0.05) is 6.07 Å². The van der Waals surface area contributed by atoms with Crippen molar-refractivity contribution in [1.82, 2.24) is 14.4 Å². The van der Waals surface area contributed by atoms with E-state index in [1.807, 2.05) is 41.7 Å². The number of pyridine rings is 2. The Morgan fingerprint density at radius 1 is 1.30 bits per heavy atom. The Balaban J connectivity index is 2.31. The average Bonchev–Trinajstić information content (AvgIpc) is 2.79. The normalized spacial score (nSPS) is 10.8. The van der Waals surface area contributed by atoms with Crippen LogP contribution in [0.25, 0.3) is 16.9 Å². The van der Waals surface area contributed by atoms with Gasteiger partial charge in [0.05, 0.1) is 17.8 Å². The molecule has 1 N–H and O–H groups in total. The number of aromatic nitrogens is 3. The third kappa shape index (κ3) is 2.03. The minimum atomic E-state index is -0.875. The first-order valence-electron chi connectivity index (χ1n) is 6.26. The maximum atomic E-state index is 11.1. The quantitative estimate of drug-likeness (QED) is 0.790. The van der Waals surface area contributed by atoms with Crippen molar-refractivity contribution in [1.29, 1.82) is 0 Å². The minimum absolute atomic E-state index is 0.0732. The van der Waals surface area contributed by atoms with Gasteiger partial charge in [0, 0.05) is 23.7 Å².